The maximum absolute atomic E-state index is 12.5. The van der Waals surface area contributed by atoms with E-state index in [1.807, 2.05) is 19.1 Å². The van der Waals surface area contributed by atoms with Crippen molar-refractivity contribution in [3.8, 4) is 5.88 Å². The Morgan fingerprint density at radius 1 is 1.00 bits per heavy atom. The molecule has 1 amide bonds. The number of aryl methyl sites for hydroxylation is 1. The number of hydrogen-bond acceptors (Lipinski definition) is 6. The standard InChI is InChI=1S/C19H18N4O4S/c1-13-3-5-14(6-4-13)19(24)22-15-7-9-16(10-8-15)28(25,26)23-17-11-18(27-2)21-12-20-17/h3-12H,1-2H3,(H,22,24)(H,20,21,23). The Morgan fingerprint density at radius 2 is 1.68 bits per heavy atom. The lowest BCUT2D eigenvalue weighted by molar-refractivity contribution is 0.102. The Morgan fingerprint density at radius 3 is 2.32 bits per heavy atom. The maximum Gasteiger partial charge on any atom is 0.263 e. The van der Waals surface area contributed by atoms with Crippen molar-refractivity contribution in [2.75, 3.05) is 17.1 Å². The molecule has 0 bridgehead atoms. The molecule has 0 saturated carbocycles. The van der Waals surface area contributed by atoms with Gasteiger partial charge >= 0.3 is 0 Å². The van der Waals surface area contributed by atoms with Crippen molar-refractivity contribution in [3.63, 3.8) is 0 Å². The van der Waals surface area contributed by atoms with Crippen LogP contribution in [0.2, 0.25) is 0 Å². The number of rotatable bonds is 6. The van der Waals surface area contributed by atoms with Gasteiger partial charge in [0.15, 0.2) is 0 Å². The van der Waals surface area contributed by atoms with Crippen LogP contribution in [0, 0.1) is 6.92 Å². The van der Waals surface area contributed by atoms with E-state index in [4.69, 9.17) is 4.74 Å². The van der Waals surface area contributed by atoms with Gasteiger partial charge in [-0.05, 0) is 43.3 Å². The van der Waals surface area contributed by atoms with E-state index < -0.39 is 10.0 Å². The molecule has 0 fully saturated rings. The molecule has 3 rings (SSSR count). The number of methoxy groups -OCH3 is 1. The summed E-state index contributed by atoms with van der Waals surface area (Å²) in [4.78, 5) is 19.9. The fourth-order valence-corrected chi connectivity index (χ4v) is 3.33. The average molecular weight is 398 g/mol. The van der Waals surface area contributed by atoms with Gasteiger partial charge in [0.1, 0.15) is 12.1 Å². The smallest absolute Gasteiger partial charge is 0.263 e. The molecule has 1 heterocycles. The largest absolute Gasteiger partial charge is 0.481 e. The Kier molecular flexibility index (Phi) is 5.55. The van der Waals surface area contributed by atoms with Crippen LogP contribution in [0.3, 0.4) is 0 Å². The summed E-state index contributed by atoms with van der Waals surface area (Å²) in [5.41, 5.74) is 2.05. The topological polar surface area (TPSA) is 110 Å². The fourth-order valence-electron chi connectivity index (χ4n) is 2.33. The van der Waals surface area contributed by atoms with Crippen LogP contribution in [-0.2, 0) is 10.0 Å². The average Bonchev–Trinajstić information content (AvgIpc) is 2.68. The second-order valence-corrected chi connectivity index (χ2v) is 7.58. The Hall–Kier alpha value is -3.46. The van der Waals surface area contributed by atoms with Crippen molar-refractivity contribution in [2.24, 2.45) is 0 Å². The molecule has 0 unspecified atom stereocenters. The third-order valence-electron chi connectivity index (χ3n) is 3.83. The van der Waals surface area contributed by atoms with Crippen LogP contribution in [0.4, 0.5) is 11.5 Å². The Balaban J connectivity index is 1.72. The lowest BCUT2D eigenvalue weighted by Crippen LogP contribution is -2.15. The molecule has 0 atom stereocenters. The normalized spacial score (nSPS) is 10.9. The Bertz CT molecular complexity index is 1080. The molecule has 3 aromatic rings. The van der Waals surface area contributed by atoms with E-state index in [9.17, 15) is 13.2 Å². The number of amides is 1. The van der Waals surface area contributed by atoms with E-state index in [0.29, 0.717) is 11.3 Å². The van der Waals surface area contributed by atoms with Gasteiger partial charge in [-0.15, -0.1) is 0 Å². The second-order valence-electron chi connectivity index (χ2n) is 5.90. The van der Waals surface area contributed by atoms with Gasteiger partial charge in [-0.2, -0.15) is 0 Å². The number of benzene rings is 2. The van der Waals surface area contributed by atoms with Gasteiger partial charge in [0.2, 0.25) is 5.88 Å². The Labute approximate surface area is 162 Å². The molecule has 9 heteroatoms. The lowest BCUT2D eigenvalue weighted by Gasteiger charge is -2.09. The molecule has 8 nitrogen and oxygen atoms in total. The molecule has 0 radical (unpaired) electrons. The molecular formula is C19H18N4O4S. The highest BCUT2D eigenvalue weighted by molar-refractivity contribution is 7.92. The first-order valence-corrected chi connectivity index (χ1v) is 9.72. The van der Waals surface area contributed by atoms with Crippen molar-refractivity contribution < 1.29 is 17.9 Å². The number of anilines is 2. The molecule has 2 aromatic carbocycles. The van der Waals surface area contributed by atoms with Gasteiger partial charge in [0, 0.05) is 17.3 Å². The van der Waals surface area contributed by atoms with E-state index in [1.54, 1.807) is 12.1 Å². The minimum Gasteiger partial charge on any atom is -0.481 e. The minimum atomic E-state index is -3.85. The number of sulfonamides is 1. The van der Waals surface area contributed by atoms with Crippen molar-refractivity contribution in [3.05, 3.63) is 72.1 Å². The third-order valence-corrected chi connectivity index (χ3v) is 5.20. The number of hydrogen-bond donors (Lipinski definition) is 2. The van der Waals surface area contributed by atoms with Crippen LogP contribution in [0.1, 0.15) is 15.9 Å². The van der Waals surface area contributed by atoms with Crippen LogP contribution in [0.5, 0.6) is 5.88 Å². The highest BCUT2D eigenvalue weighted by atomic mass is 32.2. The first-order chi connectivity index (χ1) is 13.4. The monoisotopic (exact) mass is 398 g/mol. The van der Waals surface area contributed by atoms with Crippen LogP contribution >= 0.6 is 0 Å². The fraction of sp³-hybridized carbons (Fsp3) is 0.105. The van der Waals surface area contributed by atoms with Crippen molar-refractivity contribution in [1.29, 1.82) is 0 Å². The summed E-state index contributed by atoms with van der Waals surface area (Å²) in [5.74, 6) is 0.0484. The lowest BCUT2D eigenvalue weighted by atomic mass is 10.1. The summed E-state index contributed by atoms with van der Waals surface area (Å²) in [5, 5.41) is 2.73. The molecule has 28 heavy (non-hydrogen) atoms. The SMILES string of the molecule is COc1cc(NS(=O)(=O)c2ccc(NC(=O)c3ccc(C)cc3)cc2)ncn1. The third kappa shape index (κ3) is 4.63. The second kappa shape index (κ2) is 8.05. The molecule has 0 spiro atoms. The van der Waals surface area contributed by atoms with Crippen molar-refractivity contribution in [2.45, 2.75) is 11.8 Å². The van der Waals surface area contributed by atoms with Crippen molar-refractivity contribution >= 4 is 27.4 Å². The van der Waals surface area contributed by atoms with Crippen LogP contribution in [-0.4, -0.2) is 31.4 Å². The van der Waals surface area contributed by atoms with Crippen molar-refractivity contribution in [1.82, 2.24) is 9.97 Å². The molecule has 0 aliphatic heterocycles. The minimum absolute atomic E-state index is 0.0263. The van der Waals surface area contributed by atoms with Gasteiger partial charge in [0.05, 0.1) is 12.0 Å². The van der Waals surface area contributed by atoms with Gasteiger partial charge in [0.25, 0.3) is 15.9 Å². The maximum atomic E-state index is 12.5. The number of nitrogens with one attached hydrogen (secondary N) is 2. The summed E-state index contributed by atoms with van der Waals surface area (Å²) in [6.45, 7) is 1.94. The summed E-state index contributed by atoms with van der Waals surface area (Å²) in [6, 6.07) is 14.3. The summed E-state index contributed by atoms with van der Waals surface area (Å²) in [7, 11) is -2.43. The summed E-state index contributed by atoms with van der Waals surface area (Å²) >= 11 is 0. The summed E-state index contributed by atoms with van der Waals surface area (Å²) in [6.07, 6.45) is 1.19. The van der Waals surface area contributed by atoms with Crippen LogP contribution in [0.15, 0.2) is 65.8 Å². The summed E-state index contributed by atoms with van der Waals surface area (Å²) < 4.78 is 32.3. The number of carbonyl (C=O) groups is 1. The number of nitrogens with zero attached hydrogens (tertiary/aromatic N) is 2. The molecule has 1 aromatic heterocycles. The van der Waals surface area contributed by atoms with E-state index in [2.05, 4.69) is 20.0 Å². The van der Waals surface area contributed by atoms with Gasteiger partial charge in [-0.1, -0.05) is 17.7 Å². The van der Waals surface area contributed by atoms with Gasteiger partial charge in [-0.25, -0.2) is 18.4 Å². The first-order valence-electron chi connectivity index (χ1n) is 8.24. The van der Waals surface area contributed by atoms with E-state index in [1.165, 1.54) is 43.8 Å². The number of carbonyl (C=O) groups excluding carboxylic acids is 1. The van der Waals surface area contributed by atoms with Crippen LogP contribution < -0.4 is 14.8 Å². The predicted octanol–water partition coefficient (Wildman–Crippen LogP) is 2.85. The molecule has 0 saturated heterocycles. The first kappa shape index (κ1) is 19.3. The predicted molar refractivity (Wildman–Crippen MR) is 105 cm³/mol. The molecule has 2 N–H and O–H groups in total. The van der Waals surface area contributed by atoms with Gasteiger partial charge in [-0.3, -0.25) is 9.52 Å². The zero-order chi connectivity index (χ0) is 20.1. The molecule has 0 aliphatic carbocycles. The van der Waals surface area contributed by atoms with Crippen LogP contribution in [0.25, 0.3) is 0 Å². The quantitative estimate of drug-likeness (QED) is 0.661. The highest BCUT2D eigenvalue weighted by Crippen LogP contribution is 2.19. The highest BCUT2D eigenvalue weighted by Gasteiger charge is 2.16. The number of aromatic nitrogens is 2. The molecular weight excluding hydrogens is 380 g/mol. The van der Waals surface area contributed by atoms with E-state index >= 15 is 0 Å². The molecule has 144 valence electrons. The van der Waals surface area contributed by atoms with Gasteiger partial charge < -0.3 is 10.1 Å². The van der Waals surface area contributed by atoms with E-state index in [-0.39, 0.29) is 22.5 Å². The zero-order valence-electron chi connectivity index (χ0n) is 15.2. The molecule has 0 aliphatic rings. The number of ether oxygens (including phenoxy) is 1. The zero-order valence-corrected chi connectivity index (χ0v) is 16.0. The van der Waals surface area contributed by atoms with E-state index in [0.717, 1.165) is 5.56 Å².